The van der Waals surface area contributed by atoms with Crippen molar-refractivity contribution in [2.24, 2.45) is 7.05 Å². The van der Waals surface area contributed by atoms with Gasteiger partial charge >= 0.3 is 0 Å². The number of hydrogen-bond acceptors (Lipinski definition) is 4. The molecule has 1 aromatic heterocycles. The fourth-order valence-electron chi connectivity index (χ4n) is 5.73. The van der Waals surface area contributed by atoms with Gasteiger partial charge in [0.1, 0.15) is 11.5 Å². The molecule has 0 saturated heterocycles. The van der Waals surface area contributed by atoms with Crippen molar-refractivity contribution in [2.75, 3.05) is 41.4 Å². The summed E-state index contributed by atoms with van der Waals surface area (Å²) >= 11 is 0. The van der Waals surface area contributed by atoms with Crippen LogP contribution in [0.5, 0.6) is 11.5 Å². The highest BCUT2D eigenvalue weighted by Gasteiger charge is 2.39. The second-order valence-corrected chi connectivity index (χ2v) is 9.09. The number of benzene rings is 2. The molecule has 0 aliphatic carbocycles. The first-order chi connectivity index (χ1) is 15.5. The van der Waals surface area contributed by atoms with Gasteiger partial charge in [0.05, 0.1) is 26.3 Å². The number of rotatable bonds is 4. The molecule has 0 unspecified atom stereocenters. The van der Waals surface area contributed by atoms with E-state index < -0.39 is 0 Å². The van der Waals surface area contributed by atoms with Gasteiger partial charge in [-0.3, -0.25) is 9.80 Å². The molecule has 3 aromatic rings. The highest BCUT2D eigenvalue weighted by atomic mass is 16.5. The van der Waals surface area contributed by atoms with Crippen LogP contribution in [0.3, 0.4) is 0 Å². The average Bonchev–Trinajstić information content (AvgIpc) is 3.11. The topological polar surface area (TPSA) is 29.9 Å². The van der Waals surface area contributed by atoms with Gasteiger partial charge in [0.15, 0.2) is 0 Å². The lowest BCUT2D eigenvalue weighted by Crippen LogP contribution is -2.36. The third-order valence-electron chi connectivity index (χ3n) is 7.42. The molecule has 0 fully saturated rings. The van der Waals surface area contributed by atoms with Crippen LogP contribution in [0.15, 0.2) is 48.5 Å². The number of aromatic nitrogens is 1. The van der Waals surface area contributed by atoms with Gasteiger partial charge < -0.3 is 14.0 Å². The summed E-state index contributed by atoms with van der Waals surface area (Å²) in [6.45, 7) is 2.12. The molecule has 3 heterocycles. The molecule has 2 aliphatic rings. The molecule has 0 spiro atoms. The molecular formula is C27H33N3O2. The van der Waals surface area contributed by atoms with E-state index in [4.69, 9.17) is 9.47 Å². The van der Waals surface area contributed by atoms with E-state index in [1.807, 2.05) is 0 Å². The van der Waals surface area contributed by atoms with Gasteiger partial charge in [-0.05, 0) is 49.5 Å². The first-order valence-corrected chi connectivity index (χ1v) is 11.4. The first kappa shape index (κ1) is 21.1. The van der Waals surface area contributed by atoms with Crippen molar-refractivity contribution in [3.05, 3.63) is 82.2 Å². The van der Waals surface area contributed by atoms with Crippen LogP contribution in [-0.4, -0.2) is 55.8 Å². The molecular weight excluding hydrogens is 398 g/mol. The number of fused-ring (bicyclic) bond motifs is 3. The summed E-state index contributed by atoms with van der Waals surface area (Å²) in [7, 11) is 10.2. The molecule has 0 saturated carbocycles. The smallest absolute Gasteiger partial charge is 0.118 e. The van der Waals surface area contributed by atoms with E-state index >= 15 is 0 Å². The van der Waals surface area contributed by atoms with Crippen LogP contribution in [0, 0.1) is 0 Å². The van der Waals surface area contributed by atoms with Crippen LogP contribution in [-0.2, 0) is 19.9 Å². The summed E-state index contributed by atoms with van der Waals surface area (Å²) in [4.78, 5) is 5.01. The predicted octanol–water partition coefficient (Wildman–Crippen LogP) is 4.20. The monoisotopic (exact) mass is 431 g/mol. The van der Waals surface area contributed by atoms with Crippen LogP contribution in [0.1, 0.15) is 45.7 Å². The van der Waals surface area contributed by atoms with Crippen LogP contribution >= 0.6 is 0 Å². The van der Waals surface area contributed by atoms with Crippen molar-refractivity contribution >= 4 is 0 Å². The minimum Gasteiger partial charge on any atom is -0.497 e. The SMILES string of the molecule is COc1ccc([C@@H]2c3c4c(n(C)c3CCN2C)CCN(C)[C@H]4c2ccc(OC)cc2)cc1. The Bertz CT molecular complexity index is 1010. The van der Waals surface area contributed by atoms with Crippen LogP contribution in [0.25, 0.3) is 0 Å². The molecule has 5 rings (SSSR count). The van der Waals surface area contributed by atoms with E-state index in [0.717, 1.165) is 37.4 Å². The summed E-state index contributed by atoms with van der Waals surface area (Å²) in [5.41, 5.74) is 8.61. The van der Waals surface area contributed by atoms with Crippen LogP contribution in [0.4, 0.5) is 0 Å². The Morgan fingerprint density at radius 1 is 0.625 bits per heavy atom. The fraction of sp³-hybridized carbons (Fsp3) is 0.407. The van der Waals surface area contributed by atoms with Crippen molar-refractivity contribution in [3.63, 3.8) is 0 Å². The molecule has 32 heavy (non-hydrogen) atoms. The minimum atomic E-state index is 0.242. The lowest BCUT2D eigenvalue weighted by Gasteiger charge is -2.38. The molecule has 2 aliphatic heterocycles. The molecule has 2 atom stereocenters. The Kier molecular flexibility index (Phi) is 5.48. The van der Waals surface area contributed by atoms with Gasteiger partial charge in [-0.15, -0.1) is 0 Å². The first-order valence-electron chi connectivity index (χ1n) is 11.4. The van der Waals surface area contributed by atoms with E-state index in [1.54, 1.807) is 14.2 Å². The highest BCUT2D eigenvalue weighted by molar-refractivity contribution is 5.53. The van der Waals surface area contributed by atoms with E-state index in [-0.39, 0.29) is 12.1 Å². The second kappa shape index (κ2) is 8.30. The van der Waals surface area contributed by atoms with Crippen molar-refractivity contribution < 1.29 is 9.47 Å². The molecule has 5 heteroatoms. The number of hydrogen-bond donors (Lipinski definition) is 0. The maximum atomic E-state index is 5.42. The lowest BCUT2D eigenvalue weighted by molar-refractivity contribution is 0.244. The van der Waals surface area contributed by atoms with Gasteiger partial charge in [-0.25, -0.2) is 0 Å². The Morgan fingerprint density at radius 2 is 1.00 bits per heavy atom. The summed E-state index contributed by atoms with van der Waals surface area (Å²) in [6, 6.07) is 17.7. The Hall–Kier alpha value is -2.76. The van der Waals surface area contributed by atoms with Crippen molar-refractivity contribution in [2.45, 2.75) is 24.9 Å². The summed E-state index contributed by atoms with van der Waals surface area (Å²) in [6.07, 6.45) is 2.17. The van der Waals surface area contributed by atoms with Gasteiger partial charge in [0, 0.05) is 55.5 Å². The van der Waals surface area contributed by atoms with Gasteiger partial charge in [-0.2, -0.15) is 0 Å². The third-order valence-corrected chi connectivity index (χ3v) is 7.42. The Labute approximate surface area is 191 Å². The quantitative estimate of drug-likeness (QED) is 0.619. The van der Waals surface area contributed by atoms with Crippen molar-refractivity contribution in [1.82, 2.24) is 14.4 Å². The van der Waals surface area contributed by atoms with E-state index in [0.29, 0.717) is 0 Å². The van der Waals surface area contributed by atoms with Crippen LogP contribution < -0.4 is 9.47 Å². The molecule has 0 N–H and O–H groups in total. The van der Waals surface area contributed by atoms with E-state index in [9.17, 15) is 0 Å². The zero-order valence-corrected chi connectivity index (χ0v) is 19.8. The molecule has 168 valence electrons. The zero-order valence-electron chi connectivity index (χ0n) is 19.8. The van der Waals surface area contributed by atoms with E-state index in [2.05, 4.69) is 84.0 Å². The number of methoxy groups -OCH3 is 2. The van der Waals surface area contributed by atoms with Gasteiger partial charge in [0.25, 0.3) is 0 Å². The lowest BCUT2D eigenvalue weighted by atomic mass is 9.83. The Balaban J connectivity index is 1.69. The molecule has 5 nitrogen and oxygen atoms in total. The van der Waals surface area contributed by atoms with Crippen molar-refractivity contribution in [3.8, 4) is 11.5 Å². The average molecular weight is 432 g/mol. The van der Waals surface area contributed by atoms with E-state index in [1.165, 1.54) is 33.6 Å². The number of likely N-dealkylation sites (N-methyl/N-ethyl adjacent to an activating group) is 2. The van der Waals surface area contributed by atoms with Crippen LogP contribution in [0.2, 0.25) is 0 Å². The highest BCUT2D eigenvalue weighted by Crippen LogP contribution is 2.46. The summed E-state index contributed by atoms with van der Waals surface area (Å²) in [5, 5.41) is 0. The number of nitrogens with zero attached hydrogens (tertiary/aromatic N) is 3. The molecule has 0 radical (unpaired) electrons. The molecule has 0 amide bonds. The third kappa shape index (κ3) is 3.31. The predicted molar refractivity (Wildman–Crippen MR) is 128 cm³/mol. The normalized spacial score (nSPS) is 21.2. The summed E-state index contributed by atoms with van der Waals surface area (Å²) < 4.78 is 13.3. The maximum absolute atomic E-state index is 5.42. The summed E-state index contributed by atoms with van der Waals surface area (Å²) in [5.74, 6) is 1.80. The maximum Gasteiger partial charge on any atom is 0.118 e. The fourth-order valence-corrected chi connectivity index (χ4v) is 5.73. The minimum absolute atomic E-state index is 0.242. The second-order valence-electron chi connectivity index (χ2n) is 9.09. The number of ether oxygens (including phenoxy) is 2. The van der Waals surface area contributed by atoms with Crippen molar-refractivity contribution in [1.29, 1.82) is 0 Å². The van der Waals surface area contributed by atoms with Gasteiger partial charge in [0.2, 0.25) is 0 Å². The molecule has 0 bridgehead atoms. The van der Waals surface area contributed by atoms with Gasteiger partial charge in [-0.1, -0.05) is 24.3 Å². The Morgan fingerprint density at radius 3 is 1.34 bits per heavy atom. The largest absolute Gasteiger partial charge is 0.497 e. The standard InChI is InChI=1S/C27H33N3O2/c1-28-16-14-22-24(26(28)18-6-10-20(31-4)11-7-18)25-23(30(22)3)15-17-29(2)27(25)19-8-12-21(32-5)13-9-19/h6-13,26-27H,14-17H2,1-5H3/t26-,27+. The zero-order chi connectivity index (χ0) is 22.4. The molecule has 2 aromatic carbocycles.